The zero-order valence-corrected chi connectivity index (χ0v) is 43.9. The molecule has 0 aliphatic carbocycles. The lowest BCUT2D eigenvalue weighted by atomic mass is 10.0. The molecule has 0 radical (unpaired) electrons. The van der Waals surface area contributed by atoms with Crippen LogP contribution in [-0.2, 0) is 42.2 Å². The molecule has 11 nitrogen and oxygen atoms in total. The summed E-state index contributed by atoms with van der Waals surface area (Å²) in [5, 5.41) is 9.77. The number of unbranched alkanes of at least 4 members (excludes halogenated alkanes) is 20. The summed E-state index contributed by atoms with van der Waals surface area (Å²) in [5.41, 5.74) is 0. The molecule has 0 aliphatic rings. The van der Waals surface area contributed by atoms with Crippen molar-refractivity contribution in [1.82, 2.24) is 0 Å². The van der Waals surface area contributed by atoms with Gasteiger partial charge >= 0.3 is 25.7 Å². The average Bonchev–Trinajstić information content (AvgIpc) is 3.32. The molecular formula is C56H97O11P. The fourth-order valence-electron chi connectivity index (χ4n) is 7.05. The summed E-state index contributed by atoms with van der Waals surface area (Å²) in [5.74, 6) is -1.58. The fraction of sp³-hybridized carbons (Fsp3) is 0.732. The molecular weight excluding hydrogens is 880 g/mol. The van der Waals surface area contributed by atoms with Crippen LogP contribution in [0.15, 0.2) is 72.9 Å². The molecule has 0 bridgehead atoms. The quantitative estimate of drug-likeness (QED) is 0.0197. The minimum Gasteiger partial charge on any atom is -0.462 e. The molecule has 0 aromatic heterocycles. The number of rotatable bonds is 49. The molecule has 0 saturated heterocycles. The lowest BCUT2D eigenvalue weighted by molar-refractivity contribution is -0.161. The SMILES string of the molecule is CC/C=C\C/C=C\C/C=C\C/C=C\CCC(=O)OC(COC(=O)CCCCCCCCCCCCCCCCC)COP(=O)(O)OCC(CO)OC(=O)CCCCCCC/C=C\C/C=C\CCC. The molecule has 3 unspecified atom stereocenters. The monoisotopic (exact) mass is 977 g/mol. The zero-order valence-electron chi connectivity index (χ0n) is 43.1. The third-order valence-electron chi connectivity index (χ3n) is 11.1. The first-order valence-electron chi connectivity index (χ1n) is 26.8. The molecule has 0 rings (SSSR count). The van der Waals surface area contributed by atoms with E-state index in [4.69, 9.17) is 23.3 Å². The van der Waals surface area contributed by atoms with Crippen molar-refractivity contribution in [2.24, 2.45) is 0 Å². The Morgan fingerprint density at radius 2 is 0.824 bits per heavy atom. The summed E-state index contributed by atoms with van der Waals surface area (Å²) in [6, 6.07) is 0. The van der Waals surface area contributed by atoms with Crippen LogP contribution < -0.4 is 0 Å². The summed E-state index contributed by atoms with van der Waals surface area (Å²) in [6.45, 7) is 4.36. The number of esters is 3. The normalized spacial score (nSPS) is 14.0. The first-order valence-corrected chi connectivity index (χ1v) is 28.3. The van der Waals surface area contributed by atoms with Crippen molar-refractivity contribution in [2.75, 3.05) is 26.4 Å². The molecule has 0 fully saturated rings. The van der Waals surface area contributed by atoms with E-state index in [0.29, 0.717) is 19.3 Å². The Bertz CT molecular complexity index is 1420. The standard InChI is InChI=1S/C56H97O11P/c1-4-7-10-13-16-19-22-25-26-29-30-33-36-39-42-45-54(58)63-49-53(67-56(60)47-44-41-38-35-32-28-24-21-18-15-12-9-6-3)51-65-68(61,62)64-50-52(48-57)66-55(59)46-43-40-37-34-31-27-23-20-17-14-11-8-5-2/h9,11-12,14,18,20-21,23,28,32,38,41,52-53,57H,4-8,10,13,15-17,19,22,24-27,29-31,33-37,39-40,42-51H2,1-3H3,(H,61,62)/b12-9-,14-11-,21-18-,23-20-,32-28-,41-38-. The predicted molar refractivity (Wildman–Crippen MR) is 279 cm³/mol. The van der Waals surface area contributed by atoms with Crippen molar-refractivity contribution in [2.45, 2.75) is 238 Å². The fourth-order valence-corrected chi connectivity index (χ4v) is 7.84. The number of phosphoric ester groups is 1. The number of aliphatic hydroxyl groups excluding tert-OH is 1. The molecule has 0 saturated carbocycles. The molecule has 392 valence electrons. The van der Waals surface area contributed by atoms with Gasteiger partial charge in [0, 0.05) is 19.3 Å². The highest BCUT2D eigenvalue weighted by Gasteiger charge is 2.28. The van der Waals surface area contributed by atoms with Gasteiger partial charge in [0.05, 0.1) is 19.8 Å². The van der Waals surface area contributed by atoms with Gasteiger partial charge in [-0.2, -0.15) is 0 Å². The summed E-state index contributed by atoms with van der Waals surface area (Å²) in [6.07, 6.45) is 54.6. The third kappa shape index (κ3) is 48.0. The van der Waals surface area contributed by atoms with Crippen LogP contribution in [0, 0.1) is 0 Å². The Kier molecular flexibility index (Phi) is 48.0. The van der Waals surface area contributed by atoms with Crippen LogP contribution in [-0.4, -0.2) is 66.5 Å². The second kappa shape index (κ2) is 50.3. The molecule has 0 heterocycles. The molecule has 12 heteroatoms. The summed E-state index contributed by atoms with van der Waals surface area (Å²) >= 11 is 0. The number of hydrogen-bond acceptors (Lipinski definition) is 10. The zero-order chi connectivity index (χ0) is 49.9. The van der Waals surface area contributed by atoms with Crippen molar-refractivity contribution in [1.29, 1.82) is 0 Å². The second-order valence-electron chi connectivity index (χ2n) is 17.7. The van der Waals surface area contributed by atoms with Gasteiger partial charge in [-0.15, -0.1) is 0 Å². The Morgan fingerprint density at radius 3 is 1.32 bits per heavy atom. The van der Waals surface area contributed by atoms with Gasteiger partial charge in [-0.3, -0.25) is 23.4 Å². The van der Waals surface area contributed by atoms with E-state index in [0.717, 1.165) is 96.3 Å². The largest absolute Gasteiger partial charge is 0.472 e. The van der Waals surface area contributed by atoms with Crippen LogP contribution in [0.25, 0.3) is 0 Å². The Hall–Kier alpha value is -3.08. The van der Waals surface area contributed by atoms with E-state index in [-0.39, 0.29) is 25.9 Å². The highest BCUT2D eigenvalue weighted by Crippen LogP contribution is 2.43. The maximum atomic E-state index is 12.8. The van der Waals surface area contributed by atoms with E-state index in [2.05, 4.69) is 81.5 Å². The van der Waals surface area contributed by atoms with Crippen LogP contribution in [0.4, 0.5) is 0 Å². The highest BCUT2D eigenvalue weighted by atomic mass is 31.2. The first-order chi connectivity index (χ1) is 33.2. The number of carbonyl (C=O) groups excluding carboxylic acids is 3. The molecule has 3 atom stereocenters. The third-order valence-corrected chi connectivity index (χ3v) is 12.1. The molecule has 0 amide bonds. The van der Waals surface area contributed by atoms with Crippen molar-refractivity contribution in [3.63, 3.8) is 0 Å². The van der Waals surface area contributed by atoms with E-state index in [1.165, 1.54) is 70.6 Å². The molecule has 0 aliphatic heterocycles. The predicted octanol–water partition coefficient (Wildman–Crippen LogP) is 15.4. The van der Waals surface area contributed by atoms with Gasteiger partial charge in [0.25, 0.3) is 0 Å². The maximum Gasteiger partial charge on any atom is 0.472 e. The van der Waals surface area contributed by atoms with E-state index in [1.54, 1.807) is 0 Å². The van der Waals surface area contributed by atoms with Crippen molar-refractivity contribution in [3.8, 4) is 0 Å². The van der Waals surface area contributed by atoms with Crippen molar-refractivity contribution >= 4 is 25.7 Å². The summed E-state index contributed by atoms with van der Waals surface area (Å²) in [7, 11) is -4.76. The lowest BCUT2D eigenvalue weighted by Crippen LogP contribution is -2.30. The highest BCUT2D eigenvalue weighted by molar-refractivity contribution is 7.47. The second-order valence-corrected chi connectivity index (χ2v) is 19.1. The number of carbonyl (C=O) groups is 3. The van der Waals surface area contributed by atoms with Crippen LogP contribution >= 0.6 is 7.82 Å². The number of ether oxygens (including phenoxy) is 3. The average molecular weight is 977 g/mol. The Morgan fingerprint density at radius 1 is 0.426 bits per heavy atom. The molecule has 68 heavy (non-hydrogen) atoms. The van der Waals surface area contributed by atoms with E-state index in [1.807, 2.05) is 12.2 Å². The smallest absolute Gasteiger partial charge is 0.462 e. The molecule has 0 aromatic carbocycles. The molecule has 2 N–H and O–H groups in total. The van der Waals surface area contributed by atoms with Gasteiger partial charge in [-0.1, -0.05) is 209 Å². The van der Waals surface area contributed by atoms with Gasteiger partial charge in [-0.05, 0) is 70.6 Å². The molecule has 0 aromatic rings. The van der Waals surface area contributed by atoms with Gasteiger partial charge in [-0.25, -0.2) is 4.57 Å². The van der Waals surface area contributed by atoms with Crippen LogP contribution in [0.5, 0.6) is 0 Å². The van der Waals surface area contributed by atoms with Crippen molar-refractivity contribution in [3.05, 3.63) is 72.9 Å². The van der Waals surface area contributed by atoms with Crippen molar-refractivity contribution < 1.29 is 52.2 Å². The minimum atomic E-state index is -4.76. The van der Waals surface area contributed by atoms with E-state index in [9.17, 15) is 28.9 Å². The summed E-state index contributed by atoms with van der Waals surface area (Å²) < 4.78 is 39.3. The Balaban J connectivity index is 4.80. The van der Waals surface area contributed by atoms with Gasteiger partial charge in [0.15, 0.2) is 6.10 Å². The maximum absolute atomic E-state index is 12.8. The van der Waals surface area contributed by atoms with Crippen LogP contribution in [0.1, 0.15) is 226 Å². The lowest BCUT2D eigenvalue weighted by Gasteiger charge is -2.21. The first kappa shape index (κ1) is 64.9. The topological polar surface area (TPSA) is 155 Å². The van der Waals surface area contributed by atoms with Crippen LogP contribution in [0.3, 0.4) is 0 Å². The van der Waals surface area contributed by atoms with Gasteiger partial charge in [0.1, 0.15) is 12.7 Å². The Labute approximate surface area is 414 Å². The number of hydrogen-bond donors (Lipinski definition) is 2. The summed E-state index contributed by atoms with van der Waals surface area (Å²) in [4.78, 5) is 48.3. The number of aliphatic hydroxyl groups is 1. The van der Waals surface area contributed by atoms with Gasteiger partial charge < -0.3 is 24.2 Å². The van der Waals surface area contributed by atoms with Gasteiger partial charge in [0.2, 0.25) is 0 Å². The number of phosphoric acid groups is 1. The van der Waals surface area contributed by atoms with E-state index >= 15 is 0 Å². The van der Waals surface area contributed by atoms with Crippen LogP contribution in [0.2, 0.25) is 0 Å². The minimum absolute atomic E-state index is 0.0453. The molecule has 0 spiro atoms. The van der Waals surface area contributed by atoms with E-state index < -0.39 is 57.8 Å². The number of allylic oxidation sites excluding steroid dienone is 12.